The lowest BCUT2D eigenvalue weighted by Crippen LogP contribution is -2.41. The Morgan fingerprint density at radius 2 is 2.11 bits per heavy atom. The highest BCUT2D eigenvalue weighted by molar-refractivity contribution is 9.10. The predicted molar refractivity (Wildman–Crippen MR) is 65.1 cm³/mol. The average Bonchev–Trinajstić information content (AvgIpc) is 2.25. The van der Waals surface area contributed by atoms with Crippen LogP contribution in [0.2, 0.25) is 0 Å². The summed E-state index contributed by atoms with van der Waals surface area (Å²) in [6.07, 6.45) is -4.41. The standard InChI is InChI=1S/C11H12BrF3N2O/c1-7(8-3-2-4-9(12)5-8)17-10(18)16-6-11(13,14)15/h2-5,7H,6H2,1H3,(H2,16,17,18). The third kappa shape index (κ3) is 5.39. The van der Waals surface area contributed by atoms with Gasteiger partial charge in [0, 0.05) is 4.47 Å². The Balaban J connectivity index is 2.50. The van der Waals surface area contributed by atoms with Crippen molar-refractivity contribution in [1.82, 2.24) is 10.6 Å². The van der Waals surface area contributed by atoms with Crippen LogP contribution in [0.1, 0.15) is 18.5 Å². The molecule has 0 radical (unpaired) electrons. The summed E-state index contributed by atoms with van der Waals surface area (Å²) in [6, 6.07) is 5.94. The maximum absolute atomic E-state index is 11.9. The molecule has 1 aromatic carbocycles. The number of hydrogen-bond acceptors (Lipinski definition) is 1. The van der Waals surface area contributed by atoms with E-state index in [-0.39, 0.29) is 6.04 Å². The van der Waals surface area contributed by atoms with Crippen molar-refractivity contribution in [2.75, 3.05) is 6.54 Å². The molecule has 0 fully saturated rings. The van der Waals surface area contributed by atoms with Crippen molar-refractivity contribution in [3.05, 3.63) is 34.3 Å². The van der Waals surface area contributed by atoms with Crippen molar-refractivity contribution in [2.45, 2.75) is 19.1 Å². The highest BCUT2D eigenvalue weighted by atomic mass is 79.9. The van der Waals surface area contributed by atoms with E-state index in [0.29, 0.717) is 0 Å². The molecule has 0 spiro atoms. The van der Waals surface area contributed by atoms with Crippen LogP contribution in [0.25, 0.3) is 0 Å². The second-order valence-electron chi connectivity index (χ2n) is 3.72. The number of alkyl halides is 3. The van der Waals surface area contributed by atoms with Gasteiger partial charge in [-0.15, -0.1) is 0 Å². The van der Waals surface area contributed by atoms with Gasteiger partial charge in [-0.2, -0.15) is 13.2 Å². The van der Waals surface area contributed by atoms with Gasteiger partial charge >= 0.3 is 12.2 Å². The van der Waals surface area contributed by atoms with Gasteiger partial charge in [-0.05, 0) is 24.6 Å². The van der Waals surface area contributed by atoms with E-state index in [0.717, 1.165) is 10.0 Å². The van der Waals surface area contributed by atoms with Crippen LogP contribution in [-0.2, 0) is 0 Å². The van der Waals surface area contributed by atoms with Crippen molar-refractivity contribution < 1.29 is 18.0 Å². The Morgan fingerprint density at radius 1 is 1.44 bits per heavy atom. The van der Waals surface area contributed by atoms with E-state index < -0.39 is 18.8 Å². The molecule has 0 bridgehead atoms. The summed E-state index contributed by atoms with van der Waals surface area (Å²) in [5, 5.41) is 4.18. The molecule has 0 aliphatic rings. The smallest absolute Gasteiger partial charge is 0.332 e. The number of benzene rings is 1. The first-order valence-electron chi connectivity index (χ1n) is 5.14. The van der Waals surface area contributed by atoms with Gasteiger partial charge in [0.25, 0.3) is 0 Å². The minimum atomic E-state index is -4.41. The predicted octanol–water partition coefficient (Wildman–Crippen LogP) is 3.37. The summed E-state index contributed by atoms with van der Waals surface area (Å²) in [5.74, 6) is 0. The Kier molecular flexibility index (Phi) is 5.01. The van der Waals surface area contributed by atoms with Crippen LogP contribution >= 0.6 is 15.9 Å². The zero-order chi connectivity index (χ0) is 13.8. The molecule has 100 valence electrons. The summed E-state index contributed by atoms with van der Waals surface area (Å²) in [5.41, 5.74) is 0.798. The molecular formula is C11H12BrF3N2O. The fraction of sp³-hybridized carbons (Fsp3) is 0.364. The molecule has 2 N–H and O–H groups in total. The number of carbonyl (C=O) groups excluding carboxylic acids is 1. The summed E-state index contributed by atoms with van der Waals surface area (Å²) in [6.45, 7) is 0.346. The molecule has 0 aromatic heterocycles. The van der Waals surface area contributed by atoms with Crippen LogP contribution in [0.5, 0.6) is 0 Å². The Labute approximate surface area is 111 Å². The molecule has 7 heteroatoms. The van der Waals surface area contributed by atoms with Crippen LogP contribution in [0.15, 0.2) is 28.7 Å². The number of nitrogens with one attached hydrogen (secondary N) is 2. The summed E-state index contributed by atoms with van der Waals surface area (Å²) < 4.78 is 36.5. The molecule has 18 heavy (non-hydrogen) atoms. The van der Waals surface area contributed by atoms with E-state index >= 15 is 0 Å². The summed E-state index contributed by atoms with van der Waals surface area (Å²) in [7, 11) is 0. The van der Waals surface area contributed by atoms with Gasteiger partial charge in [-0.3, -0.25) is 0 Å². The first-order valence-corrected chi connectivity index (χ1v) is 5.94. The fourth-order valence-electron chi connectivity index (χ4n) is 1.29. The second-order valence-corrected chi connectivity index (χ2v) is 4.63. The van der Waals surface area contributed by atoms with Gasteiger partial charge < -0.3 is 10.6 Å². The van der Waals surface area contributed by atoms with Gasteiger partial charge in [0.15, 0.2) is 0 Å². The molecule has 0 saturated heterocycles. The average molecular weight is 325 g/mol. The lowest BCUT2D eigenvalue weighted by atomic mass is 10.1. The number of rotatable bonds is 3. The highest BCUT2D eigenvalue weighted by Crippen LogP contribution is 2.17. The van der Waals surface area contributed by atoms with E-state index in [9.17, 15) is 18.0 Å². The summed E-state index contributed by atoms with van der Waals surface area (Å²) >= 11 is 3.28. The van der Waals surface area contributed by atoms with Crippen molar-refractivity contribution in [1.29, 1.82) is 0 Å². The van der Waals surface area contributed by atoms with Gasteiger partial charge in [0.1, 0.15) is 6.54 Å². The van der Waals surface area contributed by atoms with Gasteiger partial charge in [-0.25, -0.2) is 4.79 Å². The monoisotopic (exact) mass is 324 g/mol. The van der Waals surface area contributed by atoms with Crippen LogP contribution < -0.4 is 10.6 Å². The number of hydrogen-bond donors (Lipinski definition) is 2. The lowest BCUT2D eigenvalue weighted by Gasteiger charge is -2.16. The topological polar surface area (TPSA) is 41.1 Å². The maximum Gasteiger partial charge on any atom is 0.405 e. The molecular weight excluding hydrogens is 313 g/mol. The first-order chi connectivity index (χ1) is 8.28. The van der Waals surface area contributed by atoms with Crippen LogP contribution in [-0.4, -0.2) is 18.8 Å². The fourth-order valence-corrected chi connectivity index (χ4v) is 1.70. The minimum absolute atomic E-state index is 0.379. The zero-order valence-electron chi connectivity index (χ0n) is 9.51. The molecule has 1 atom stereocenters. The molecule has 0 aliphatic heterocycles. The normalized spacial score (nSPS) is 12.9. The second kappa shape index (κ2) is 6.08. The van der Waals surface area contributed by atoms with Crippen LogP contribution in [0.3, 0.4) is 0 Å². The quantitative estimate of drug-likeness (QED) is 0.879. The van der Waals surface area contributed by atoms with Crippen molar-refractivity contribution in [3.8, 4) is 0 Å². The van der Waals surface area contributed by atoms with Crippen molar-refractivity contribution >= 4 is 22.0 Å². The molecule has 1 rings (SSSR count). The van der Waals surface area contributed by atoms with Gasteiger partial charge in [0.2, 0.25) is 0 Å². The van der Waals surface area contributed by atoms with Crippen molar-refractivity contribution in [3.63, 3.8) is 0 Å². The maximum atomic E-state index is 11.9. The van der Waals surface area contributed by atoms with Crippen molar-refractivity contribution in [2.24, 2.45) is 0 Å². The Bertz CT molecular complexity index is 423. The van der Waals surface area contributed by atoms with E-state index in [2.05, 4.69) is 21.2 Å². The van der Waals surface area contributed by atoms with E-state index in [4.69, 9.17) is 0 Å². The molecule has 0 heterocycles. The van der Waals surface area contributed by atoms with Crippen LogP contribution in [0, 0.1) is 0 Å². The third-order valence-electron chi connectivity index (χ3n) is 2.15. The molecule has 0 aliphatic carbocycles. The van der Waals surface area contributed by atoms with E-state index in [1.807, 2.05) is 6.07 Å². The Morgan fingerprint density at radius 3 is 2.67 bits per heavy atom. The van der Waals surface area contributed by atoms with Crippen LogP contribution in [0.4, 0.5) is 18.0 Å². The molecule has 1 unspecified atom stereocenters. The van der Waals surface area contributed by atoms with E-state index in [1.54, 1.807) is 30.4 Å². The first kappa shape index (κ1) is 14.8. The van der Waals surface area contributed by atoms with E-state index in [1.165, 1.54) is 0 Å². The highest BCUT2D eigenvalue weighted by Gasteiger charge is 2.27. The third-order valence-corrected chi connectivity index (χ3v) is 2.64. The lowest BCUT2D eigenvalue weighted by molar-refractivity contribution is -0.122. The number of halogens is 4. The minimum Gasteiger partial charge on any atom is -0.332 e. The molecule has 3 nitrogen and oxygen atoms in total. The molecule has 1 aromatic rings. The van der Waals surface area contributed by atoms with Gasteiger partial charge in [0.05, 0.1) is 6.04 Å². The largest absolute Gasteiger partial charge is 0.405 e. The van der Waals surface area contributed by atoms with Gasteiger partial charge in [-0.1, -0.05) is 28.1 Å². The number of urea groups is 1. The number of amides is 2. The molecule has 2 amide bonds. The SMILES string of the molecule is CC(NC(=O)NCC(F)(F)F)c1cccc(Br)c1. The number of carbonyl (C=O) groups is 1. The summed E-state index contributed by atoms with van der Waals surface area (Å²) in [4.78, 5) is 11.2. The zero-order valence-corrected chi connectivity index (χ0v) is 11.1. The Hall–Kier alpha value is -1.24. The molecule has 0 saturated carbocycles.